The molecule has 174 valence electrons. The molecular formula is C19H25ClN6O5S. The predicted octanol–water partition coefficient (Wildman–Crippen LogP) is 0.566. The number of halogens is 1. The predicted molar refractivity (Wildman–Crippen MR) is 120 cm³/mol. The second-order valence-electron chi connectivity index (χ2n) is 7.58. The van der Waals surface area contributed by atoms with Crippen molar-refractivity contribution in [2.75, 3.05) is 6.61 Å². The quantitative estimate of drug-likeness (QED) is 0.333. The van der Waals surface area contributed by atoms with E-state index < -0.39 is 27.3 Å². The van der Waals surface area contributed by atoms with Crippen LogP contribution in [0.4, 0.5) is 0 Å². The van der Waals surface area contributed by atoms with Crippen LogP contribution in [0.2, 0.25) is 5.02 Å². The van der Waals surface area contributed by atoms with Crippen molar-refractivity contribution in [2.24, 2.45) is 12.9 Å². The number of nitrogens with two attached hydrogens (primary N) is 1. The number of nitrogens with zero attached hydrogens (tertiary/aromatic N) is 4. The first-order valence-electron chi connectivity index (χ1n) is 9.85. The lowest BCUT2D eigenvalue weighted by Crippen LogP contribution is -2.40. The summed E-state index contributed by atoms with van der Waals surface area (Å²) >= 11 is 5.96. The van der Waals surface area contributed by atoms with Crippen LogP contribution in [0.1, 0.15) is 25.8 Å². The van der Waals surface area contributed by atoms with Crippen LogP contribution in [0.15, 0.2) is 39.0 Å². The summed E-state index contributed by atoms with van der Waals surface area (Å²) < 4.78 is 32.0. The first kappa shape index (κ1) is 24.1. The van der Waals surface area contributed by atoms with Crippen LogP contribution in [-0.4, -0.2) is 39.8 Å². The van der Waals surface area contributed by atoms with Crippen LogP contribution in [0, 0.1) is 0 Å². The van der Waals surface area contributed by atoms with Crippen LogP contribution >= 0.6 is 11.6 Å². The zero-order valence-electron chi connectivity index (χ0n) is 17.9. The van der Waals surface area contributed by atoms with E-state index in [-0.39, 0.29) is 36.0 Å². The van der Waals surface area contributed by atoms with E-state index in [9.17, 15) is 18.0 Å². The third kappa shape index (κ3) is 4.79. The number of hydrogen-bond acceptors (Lipinski definition) is 7. The average molecular weight is 485 g/mol. The van der Waals surface area contributed by atoms with E-state index in [4.69, 9.17) is 17.5 Å². The Balaban J connectivity index is 2.31. The van der Waals surface area contributed by atoms with Crippen molar-refractivity contribution in [3.05, 3.63) is 55.7 Å². The number of hydrogen-bond donors (Lipinski definition) is 2. The van der Waals surface area contributed by atoms with Gasteiger partial charge in [0.15, 0.2) is 11.2 Å². The molecule has 1 aromatic carbocycles. The summed E-state index contributed by atoms with van der Waals surface area (Å²) in [6, 6.07) is 6.37. The molecule has 3 aromatic rings. The molecule has 2 aromatic heterocycles. The van der Waals surface area contributed by atoms with E-state index in [1.54, 1.807) is 38.1 Å². The summed E-state index contributed by atoms with van der Waals surface area (Å²) in [6.45, 7) is 3.58. The SMILES string of the molecule is CC(C)NS(=O)(=O)c1nc2c(c(=O)n(CCCON)c(=O)n2C)n1Cc1ccc(Cl)cc1. The minimum atomic E-state index is -4.08. The van der Waals surface area contributed by atoms with E-state index in [1.165, 1.54) is 11.6 Å². The van der Waals surface area contributed by atoms with Gasteiger partial charge in [0.1, 0.15) is 0 Å². The lowest BCUT2D eigenvalue weighted by molar-refractivity contribution is 0.131. The van der Waals surface area contributed by atoms with Gasteiger partial charge in [0, 0.05) is 24.7 Å². The third-order valence-electron chi connectivity index (χ3n) is 4.73. The maximum absolute atomic E-state index is 13.3. The van der Waals surface area contributed by atoms with Gasteiger partial charge in [0.05, 0.1) is 13.2 Å². The Morgan fingerprint density at radius 3 is 2.44 bits per heavy atom. The number of aromatic nitrogens is 4. The van der Waals surface area contributed by atoms with Crippen molar-refractivity contribution < 1.29 is 13.3 Å². The van der Waals surface area contributed by atoms with Gasteiger partial charge in [-0.1, -0.05) is 23.7 Å². The zero-order valence-corrected chi connectivity index (χ0v) is 19.5. The van der Waals surface area contributed by atoms with E-state index in [2.05, 4.69) is 14.5 Å². The van der Waals surface area contributed by atoms with Gasteiger partial charge < -0.3 is 9.40 Å². The maximum Gasteiger partial charge on any atom is 0.332 e. The van der Waals surface area contributed by atoms with Crippen LogP contribution in [0.25, 0.3) is 11.2 Å². The van der Waals surface area contributed by atoms with Crippen molar-refractivity contribution in [3.63, 3.8) is 0 Å². The fourth-order valence-electron chi connectivity index (χ4n) is 3.34. The van der Waals surface area contributed by atoms with E-state index >= 15 is 0 Å². The van der Waals surface area contributed by atoms with Crippen molar-refractivity contribution in [1.82, 2.24) is 23.4 Å². The highest BCUT2D eigenvalue weighted by atomic mass is 35.5. The number of sulfonamides is 1. The number of rotatable bonds is 9. The summed E-state index contributed by atoms with van der Waals surface area (Å²) in [4.78, 5) is 34.8. The Hall–Kier alpha value is -2.51. The molecule has 13 heteroatoms. The molecule has 0 fully saturated rings. The standard InChI is InChI=1S/C19H25ClN6O5S/c1-12(2)23-32(29,30)18-22-16-15(26(18)11-13-5-7-14(20)8-6-13)17(27)25(9-4-10-31-21)19(28)24(16)3/h5-8,12,23H,4,9-11,21H2,1-3H3. The smallest absolute Gasteiger partial charge is 0.305 e. The Kier molecular flexibility index (Phi) is 7.20. The molecule has 32 heavy (non-hydrogen) atoms. The molecule has 0 unspecified atom stereocenters. The van der Waals surface area contributed by atoms with Gasteiger partial charge in [0.25, 0.3) is 15.6 Å². The molecule has 3 rings (SSSR count). The summed E-state index contributed by atoms with van der Waals surface area (Å²) in [7, 11) is -2.65. The lowest BCUT2D eigenvalue weighted by atomic mass is 10.2. The molecule has 0 spiro atoms. The number of fused-ring (bicyclic) bond motifs is 1. The fraction of sp³-hybridized carbons (Fsp3) is 0.421. The van der Waals surface area contributed by atoms with Crippen molar-refractivity contribution >= 4 is 32.8 Å². The Bertz CT molecular complexity index is 1340. The molecule has 11 nitrogen and oxygen atoms in total. The summed E-state index contributed by atoms with van der Waals surface area (Å²) in [5.74, 6) is 5.03. The number of benzene rings is 1. The molecule has 0 saturated heterocycles. The first-order chi connectivity index (χ1) is 15.1. The summed E-state index contributed by atoms with van der Waals surface area (Å²) in [5, 5.41) is 0.164. The highest BCUT2D eigenvalue weighted by molar-refractivity contribution is 7.89. The molecule has 2 heterocycles. The molecule has 0 radical (unpaired) electrons. The largest absolute Gasteiger partial charge is 0.332 e. The zero-order chi connectivity index (χ0) is 23.6. The van der Waals surface area contributed by atoms with Gasteiger partial charge in [-0.05, 0) is 38.0 Å². The fourth-order valence-corrected chi connectivity index (χ4v) is 4.85. The van der Waals surface area contributed by atoms with E-state index in [0.717, 1.165) is 9.13 Å². The van der Waals surface area contributed by atoms with Gasteiger partial charge in [-0.2, -0.15) is 4.98 Å². The molecule has 3 N–H and O–H groups in total. The minimum Gasteiger partial charge on any atom is -0.305 e. The van der Waals surface area contributed by atoms with Gasteiger partial charge in [-0.15, -0.1) is 0 Å². The van der Waals surface area contributed by atoms with Gasteiger partial charge in [-0.25, -0.2) is 23.8 Å². The summed E-state index contributed by atoms with van der Waals surface area (Å²) in [6.07, 6.45) is 0.322. The van der Waals surface area contributed by atoms with Crippen molar-refractivity contribution in [1.29, 1.82) is 0 Å². The first-order valence-corrected chi connectivity index (χ1v) is 11.7. The molecule has 0 amide bonds. The number of nitrogens with one attached hydrogen (secondary N) is 1. The van der Waals surface area contributed by atoms with Crippen molar-refractivity contribution in [2.45, 2.75) is 44.6 Å². The van der Waals surface area contributed by atoms with Crippen LogP contribution < -0.4 is 21.9 Å². The Labute approximate surface area is 189 Å². The van der Waals surface area contributed by atoms with Gasteiger partial charge >= 0.3 is 5.69 Å². The second-order valence-corrected chi connectivity index (χ2v) is 9.62. The maximum atomic E-state index is 13.3. The topological polar surface area (TPSA) is 143 Å². The third-order valence-corrected chi connectivity index (χ3v) is 6.55. The van der Waals surface area contributed by atoms with E-state index in [1.807, 2.05) is 0 Å². The highest BCUT2D eigenvalue weighted by Crippen LogP contribution is 2.19. The molecule has 0 saturated carbocycles. The Morgan fingerprint density at radius 1 is 1.19 bits per heavy atom. The molecule has 0 aliphatic heterocycles. The molecule has 0 aliphatic carbocycles. The van der Waals surface area contributed by atoms with Crippen molar-refractivity contribution in [3.8, 4) is 0 Å². The lowest BCUT2D eigenvalue weighted by Gasteiger charge is -2.13. The summed E-state index contributed by atoms with van der Waals surface area (Å²) in [5.41, 5.74) is -0.584. The number of aryl methyl sites for hydroxylation is 1. The minimum absolute atomic E-state index is 0.000141. The second kappa shape index (κ2) is 9.55. The van der Waals surface area contributed by atoms with E-state index in [0.29, 0.717) is 17.0 Å². The van der Waals surface area contributed by atoms with Crippen LogP contribution in [-0.2, 0) is 35.0 Å². The monoisotopic (exact) mass is 484 g/mol. The van der Waals surface area contributed by atoms with Crippen LogP contribution in [0.5, 0.6) is 0 Å². The molecule has 0 bridgehead atoms. The Morgan fingerprint density at radius 2 is 1.84 bits per heavy atom. The highest BCUT2D eigenvalue weighted by Gasteiger charge is 2.28. The number of imidazole rings is 1. The molecule has 0 atom stereocenters. The molecule has 0 aliphatic rings. The normalized spacial score (nSPS) is 12.2. The molecular weight excluding hydrogens is 460 g/mol. The van der Waals surface area contributed by atoms with Gasteiger partial charge in [0.2, 0.25) is 5.16 Å². The van der Waals surface area contributed by atoms with Crippen LogP contribution in [0.3, 0.4) is 0 Å². The van der Waals surface area contributed by atoms with Gasteiger partial charge in [-0.3, -0.25) is 13.9 Å². The average Bonchev–Trinajstić information content (AvgIpc) is 3.10.